The van der Waals surface area contributed by atoms with Crippen LogP contribution in [0.5, 0.6) is 5.75 Å². The molecule has 0 fully saturated rings. The number of rotatable bonds is 3. The van der Waals surface area contributed by atoms with E-state index in [0.29, 0.717) is 5.69 Å². The van der Waals surface area contributed by atoms with Gasteiger partial charge in [0.15, 0.2) is 0 Å². The van der Waals surface area contributed by atoms with E-state index in [1.165, 1.54) is 0 Å². The van der Waals surface area contributed by atoms with Crippen LogP contribution in [-0.2, 0) is 11.3 Å². The number of aromatic nitrogens is 1. The number of hydrogen-bond acceptors (Lipinski definition) is 2. The van der Waals surface area contributed by atoms with Crippen LogP contribution in [0, 0.1) is 0 Å². The SMILES string of the molecule is O=C(Cn1ccc2ccccc21)Nc1ccc(O)cc1. The average Bonchev–Trinajstić information content (AvgIpc) is 2.85. The first-order valence-corrected chi connectivity index (χ1v) is 6.35. The van der Waals surface area contributed by atoms with Gasteiger partial charge in [0.25, 0.3) is 0 Å². The van der Waals surface area contributed by atoms with Crippen molar-refractivity contribution in [2.75, 3.05) is 5.32 Å². The Bertz CT molecular complexity index is 745. The molecule has 1 heterocycles. The fraction of sp³-hybridized carbons (Fsp3) is 0.0625. The minimum Gasteiger partial charge on any atom is -0.508 e. The Labute approximate surface area is 116 Å². The number of phenolic OH excluding ortho intramolecular Hbond substituents is 1. The summed E-state index contributed by atoms with van der Waals surface area (Å²) in [5, 5.41) is 13.1. The van der Waals surface area contributed by atoms with Crippen LogP contribution in [0.4, 0.5) is 5.69 Å². The monoisotopic (exact) mass is 266 g/mol. The van der Waals surface area contributed by atoms with Gasteiger partial charge in [0.2, 0.25) is 5.91 Å². The molecule has 4 nitrogen and oxygen atoms in total. The van der Waals surface area contributed by atoms with Crippen LogP contribution in [0.2, 0.25) is 0 Å². The van der Waals surface area contributed by atoms with Crippen LogP contribution in [0.3, 0.4) is 0 Å². The quantitative estimate of drug-likeness (QED) is 0.716. The number of nitrogens with one attached hydrogen (secondary N) is 1. The minimum atomic E-state index is -0.1000. The van der Waals surface area contributed by atoms with E-state index >= 15 is 0 Å². The molecule has 0 aliphatic carbocycles. The van der Waals surface area contributed by atoms with Gasteiger partial charge in [-0.1, -0.05) is 18.2 Å². The maximum absolute atomic E-state index is 12.0. The summed E-state index contributed by atoms with van der Waals surface area (Å²) in [7, 11) is 0. The van der Waals surface area contributed by atoms with Crippen LogP contribution < -0.4 is 5.32 Å². The molecule has 0 bridgehead atoms. The molecule has 4 heteroatoms. The van der Waals surface area contributed by atoms with Gasteiger partial charge in [0.1, 0.15) is 12.3 Å². The van der Waals surface area contributed by atoms with Crippen molar-refractivity contribution in [2.45, 2.75) is 6.54 Å². The van der Waals surface area contributed by atoms with Gasteiger partial charge in [0, 0.05) is 17.4 Å². The van der Waals surface area contributed by atoms with E-state index in [1.54, 1.807) is 24.3 Å². The summed E-state index contributed by atoms with van der Waals surface area (Å²) in [6.45, 7) is 0.258. The molecular weight excluding hydrogens is 252 g/mol. The molecule has 2 aromatic carbocycles. The number of nitrogens with zero attached hydrogens (tertiary/aromatic N) is 1. The second-order valence-corrected chi connectivity index (χ2v) is 4.60. The smallest absolute Gasteiger partial charge is 0.244 e. The van der Waals surface area contributed by atoms with Gasteiger partial charge >= 0.3 is 0 Å². The van der Waals surface area contributed by atoms with Crippen molar-refractivity contribution >= 4 is 22.5 Å². The molecule has 20 heavy (non-hydrogen) atoms. The highest BCUT2D eigenvalue weighted by atomic mass is 16.3. The maximum Gasteiger partial charge on any atom is 0.244 e. The molecular formula is C16H14N2O2. The van der Waals surface area contributed by atoms with Crippen molar-refractivity contribution in [3.63, 3.8) is 0 Å². The zero-order chi connectivity index (χ0) is 13.9. The van der Waals surface area contributed by atoms with Crippen LogP contribution in [0.25, 0.3) is 10.9 Å². The molecule has 0 unspecified atom stereocenters. The van der Waals surface area contributed by atoms with E-state index in [2.05, 4.69) is 5.32 Å². The van der Waals surface area contributed by atoms with Crippen LogP contribution in [-0.4, -0.2) is 15.6 Å². The van der Waals surface area contributed by atoms with Gasteiger partial charge in [-0.3, -0.25) is 4.79 Å². The van der Waals surface area contributed by atoms with E-state index in [-0.39, 0.29) is 18.2 Å². The lowest BCUT2D eigenvalue weighted by molar-refractivity contribution is -0.116. The number of benzene rings is 2. The fourth-order valence-corrected chi connectivity index (χ4v) is 2.18. The summed E-state index contributed by atoms with van der Waals surface area (Å²) >= 11 is 0. The maximum atomic E-state index is 12.0. The summed E-state index contributed by atoms with van der Waals surface area (Å²) in [6.07, 6.45) is 1.90. The lowest BCUT2D eigenvalue weighted by Gasteiger charge is -2.07. The fourth-order valence-electron chi connectivity index (χ4n) is 2.18. The normalized spacial score (nSPS) is 10.6. The van der Waals surface area contributed by atoms with E-state index in [9.17, 15) is 9.90 Å². The summed E-state index contributed by atoms with van der Waals surface area (Å²) in [6, 6.07) is 16.3. The Kier molecular flexibility index (Phi) is 3.13. The first-order chi connectivity index (χ1) is 9.72. The van der Waals surface area contributed by atoms with Crippen molar-refractivity contribution < 1.29 is 9.90 Å². The van der Waals surface area contributed by atoms with Gasteiger partial charge in [-0.15, -0.1) is 0 Å². The van der Waals surface area contributed by atoms with Crippen molar-refractivity contribution in [3.8, 4) is 5.75 Å². The van der Waals surface area contributed by atoms with Crippen LogP contribution >= 0.6 is 0 Å². The Balaban J connectivity index is 1.74. The van der Waals surface area contributed by atoms with Gasteiger partial charge in [-0.05, 0) is 41.8 Å². The molecule has 1 aromatic heterocycles. The molecule has 0 atom stereocenters. The Morgan fingerprint density at radius 1 is 1.05 bits per heavy atom. The first kappa shape index (κ1) is 12.3. The van der Waals surface area contributed by atoms with E-state index in [0.717, 1.165) is 10.9 Å². The molecule has 0 spiro atoms. The number of carbonyl (C=O) groups is 1. The van der Waals surface area contributed by atoms with Crippen LogP contribution in [0.15, 0.2) is 60.8 Å². The highest BCUT2D eigenvalue weighted by Gasteiger charge is 2.06. The molecule has 3 rings (SSSR count). The molecule has 0 saturated carbocycles. The topological polar surface area (TPSA) is 54.3 Å². The van der Waals surface area contributed by atoms with Gasteiger partial charge < -0.3 is 15.0 Å². The second-order valence-electron chi connectivity index (χ2n) is 4.60. The Hall–Kier alpha value is -2.75. The lowest BCUT2D eigenvalue weighted by Crippen LogP contribution is -2.18. The molecule has 2 N–H and O–H groups in total. The highest BCUT2D eigenvalue weighted by Crippen LogP contribution is 2.16. The molecule has 0 aliphatic rings. The van der Waals surface area contributed by atoms with E-state index in [1.807, 2.05) is 41.1 Å². The van der Waals surface area contributed by atoms with Crippen molar-refractivity contribution in [1.29, 1.82) is 0 Å². The molecule has 0 radical (unpaired) electrons. The highest BCUT2D eigenvalue weighted by molar-refractivity contribution is 5.92. The number of carbonyl (C=O) groups excluding carboxylic acids is 1. The third-order valence-corrected chi connectivity index (χ3v) is 3.15. The van der Waals surface area contributed by atoms with Crippen molar-refractivity contribution in [3.05, 3.63) is 60.8 Å². The van der Waals surface area contributed by atoms with E-state index in [4.69, 9.17) is 0 Å². The first-order valence-electron chi connectivity index (χ1n) is 6.35. The predicted octanol–water partition coefficient (Wildman–Crippen LogP) is 2.99. The number of phenols is 1. The Morgan fingerprint density at radius 2 is 1.80 bits per heavy atom. The van der Waals surface area contributed by atoms with Gasteiger partial charge in [0.05, 0.1) is 0 Å². The zero-order valence-corrected chi connectivity index (χ0v) is 10.8. The molecule has 0 saturated heterocycles. The standard InChI is InChI=1S/C16H14N2O2/c19-14-7-5-13(6-8-14)17-16(20)11-18-10-9-12-3-1-2-4-15(12)18/h1-10,19H,11H2,(H,17,20). The van der Waals surface area contributed by atoms with Crippen molar-refractivity contribution in [1.82, 2.24) is 4.57 Å². The summed E-state index contributed by atoms with van der Waals surface area (Å²) in [4.78, 5) is 12.0. The predicted molar refractivity (Wildman–Crippen MR) is 78.7 cm³/mol. The third kappa shape index (κ3) is 2.49. The Morgan fingerprint density at radius 3 is 2.60 bits per heavy atom. The summed E-state index contributed by atoms with van der Waals surface area (Å²) < 4.78 is 1.91. The average molecular weight is 266 g/mol. The molecule has 0 aliphatic heterocycles. The van der Waals surface area contributed by atoms with Crippen LogP contribution in [0.1, 0.15) is 0 Å². The molecule has 3 aromatic rings. The number of para-hydroxylation sites is 1. The van der Waals surface area contributed by atoms with Gasteiger partial charge in [-0.2, -0.15) is 0 Å². The largest absolute Gasteiger partial charge is 0.508 e. The number of amides is 1. The van der Waals surface area contributed by atoms with Crippen molar-refractivity contribution in [2.24, 2.45) is 0 Å². The summed E-state index contributed by atoms with van der Waals surface area (Å²) in [5.74, 6) is 0.0800. The third-order valence-electron chi connectivity index (χ3n) is 3.15. The van der Waals surface area contributed by atoms with E-state index < -0.39 is 0 Å². The number of anilines is 1. The molecule has 1 amide bonds. The number of hydrogen-bond donors (Lipinski definition) is 2. The number of fused-ring (bicyclic) bond motifs is 1. The number of aromatic hydroxyl groups is 1. The molecule has 100 valence electrons. The zero-order valence-electron chi connectivity index (χ0n) is 10.8. The summed E-state index contributed by atoms with van der Waals surface area (Å²) in [5.41, 5.74) is 1.71. The second kappa shape index (κ2) is 5.09. The lowest BCUT2D eigenvalue weighted by atomic mass is 10.2. The minimum absolute atomic E-state index is 0.1000. The van der Waals surface area contributed by atoms with Gasteiger partial charge in [-0.25, -0.2) is 0 Å².